The van der Waals surface area contributed by atoms with Crippen LogP contribution in [0.25, 0.3) is 0 Å². The van der Waals surface area contributed by atoms with Crippen molar-refractivity contribution in [3.8, 4) is 0 Å². The number of hydrogen-bond donors (Lipinski definition) is 2. The zero-order valence-corrected chi connectivity index (χ0v) is 19.2. The molecule has 0 saturated carbocycles. The topological polar surface area (TPSA) is 81.7 Å². The van der Waals surface area contributed by atoms with Crippen LogP contribution >= 0.6 is 11.6 Å². The first-order chi connectivity index (χ1) is 14.8. The zero-order valence-electron chi connectivity index (χ0n) is 17.6. The monoisotopic (exact) mass is 464 g/mol. The summed E-state index contributed by atoms with van der Waals surface area (Å²) < 4.78 is 27.2. The van der Waals surface area contributed by atoms with Crippen LogP contribution in [0.2, 0.25) is 5.02 Å². The predicted molar refractivity (Wildman–Crippen MR) is 122 cm³/mol. The van der Waals surface area contributed by atoms with Crippen molar-refractivity contribution in [2.75, 3.05) is 39.3 Å². The first-order valence-corrected chi connectivity index (χ1v) is 12.2. The molecule has 1 atom stereocenters. The maximum atomic E-state index is 12.4. The van der Waals surface area contributed by atoms with Crippen LogP contribution in [-0.4, -0.2) is 69.4 Å². The molecule has 2 N–H and O–H groups in total. The van der Waals surface area contributed by atoms with E-state index in [2.05, 4.69) is 44.1 Å². The van der Waals surface area contributed by atoms with E-state index in [4.69, 9.17) is 11.6 Å². The Morgan fingerprint density at radius 1 is 1.00 bits per heavy atom. The molecule has 9 heteroatoms. The lowest BCUT2D eigenvalue weighted by Gasteiger charge is -2.34. The predicted octanol–water partition coefficient (Wildman–Crippen LogP) is 1.94. The van der Waals surface area contributed by atoms with Crippen LogP contribution in [-0.2, 0) is 21.4 Å². The summed E-state index contributed by atoms with van der Waals surface area (Å²) in [7, 11) is -3.78. The third-order valence-electron chi connectivity index (χ3n) is 5.29. The van der Waals surface area contributed by atoms with E-state index < -0.39 is 16.1 Å². The van der Waals surface area contributed by atoms with Gasteiger partial charge in [-0.05, 0) is 36.8 Å². The lowest BCUT2D eigenvalue weighted by Crippen LogP contribution is -2.50. The molecule has 31 heavy (non-hydrogen) atoms. The summed E-state index contributed by atoms with van der Waals surface area (Å²) in [6.45, 7) is 7.57. The molecule has 2 aromatic rings. The molecule has 3 rings (SSSR count). The van der Waals surface area contributed by atoms with Gasteiger partial charge in [-0.25, -0.2) is 8.42 Å². The molecule has 7 nitrogen and oxygen atoms in total. The Bertz CT molecular complexity index is 946. The second-order valence-corrected chi connectivity index (χ2v) is 9.84. The van der Waals surface area contributed by atoms with Crippen LogP contribution in [0.1, 0.15) is 12.5 Å². The number of amides is 1. The van der Waals surface area contributed by atoms with Gasteiger partial charge in [-0.3, -0.25) is 14.6 Å². The standard InChI is InChI=1S/C22H29ClN4O3S/c1-18(25-31(29,30)21-9-7-20(23)8-10-21)22(28)24-11-12-26-13-15-27(16-14-26)17-19-5-3-2-4-6-19/h2-10,18,25H,11-17H2,1H3,(H,24,28)/t18-/m0/s1. The molecule has 168 valence electrons. The molecule has 0 aromatic heterocycles. The minimum Gasteiger partial charge on any atom is -0.353 e. The molecule has 1 fully saturated rings. The van der Waals surface area contributed by atoms with Crippen molar-refractivity contribution in [3.63, 3.8) is 0 Å². The number of carbonyl (C=O) groups is 1. The van der Waals surface area contributed by atoms with Crippen molar-refractivity contribution in [3.05, 3.63) is 65.2 Å². The van der Waals surface area contributed by atoms with Gasteiger partial charge < -0.3 is 5.32 Å². The van der Waals surface area contributed by atoms with Gasteiger partial charge in [-0.1, -0.05) is 41.9 Å². The zero-order chi connectivity index (χ0) is 22.3. The number of rotatable bonds is 9. The number of halogens is 1. The number of benzene rings is 2. The second-order valence-electron chi connectivity index (χ2n) is 7.69. The minimum atomic E-state index is -3.78. The fourth-order valence-electron chi connectivity index (χ4n) is 3.47. The summed E-state index contributed by atoms with van der Waals surface area (Å²) in [6, 6.07) is 15.4. The molecular weight excluding hydrogens is 436 g/mol. The van der Waals surface area contributed by atoms with E-state index >= 15 is 0 Å². The van der Waals surface area contributed by atoms with E-state index in [0.717, 1.165) is 39.3 Å². The number of carbonyl (C=O) groups excluding carboxylic acids is 1. The summed E-state index contributed by atoms with van der Waals surface area (Å²) in [5.74, 6) is -0.347. The Morgan fingerprint density at radius 2 is 1.61 bits per heavy atom. The quantitative estimate of drug-likeness (QED) is 0.592. The fourth-order valence-corrected chi connectivity index (χ4v) is 4.80. The number of hydrogen-bond acceptors (Lipinski definition) is 5. The van der Waals surface area contributed by atoms with Crippen molar-refractivity contribution >= 4 is 27.5 Å². The molecule has 1 aliphatic heterocycles. The summed E-state index contributed by atoms with van der Waals surface area (Å²) in [6.07, 6.45) is 0. The molecule has 2 aromatic carbocycles. The molecule has 1 aliphatic rings. The highest BCUT2D eigenvalue weighted by atomic mass is 35.5. The van der Waals surface area contributed by atoms with Gasteiger partial charge in [0.1, 0.15) is 0 Å². The van der Waals surface area contributed by atoms with E-state index in [1.807, 2.05) is 6.07 Å². The van der Waals surface area contributed by atoms with Gasteiger partial charge in [0, 0.05) is 50.8 Å². The number of nitrogens with zero attached hydrogens (tertiary/aromatic N) is 2. The van der Waals surface area contributed by atoms with E-state index in [1.54, 1.807) is 0 Å². The van der Waals surface area contributed by atoms with Crippen LogP contribution in [0.3, 0.4) is 0 Å². The minimum absolute atomic E-state index is 0.0740. The maximum Gasteiger partial charge on any atom is 0.241 e. The molecule has 0 bridgehead atoms. The van der Waals surface area contributed by atoms with Crippen molar-refractivity contribution in [1.82, 2.24) is 19.8 Å². The Morgan fingerprint density at radius 3 is 2.26 bits per heavy atom. The van der Waals surface area contributed by atoms with Gasteiger partial charge in [0.25, 0.3) is 0 Å². The Labute approximate surface area is 189 Å². The van der Waals surface area contributed by atoms with Crippen molar-refractivity contribution in [2.45, 2.75) is 24.4 Å². The first-order valence-electron chi connectivity index (χ1n) is 10.4. The summed E-state index contributed by atoms with van der Waals surface area (Å²) in [4.78, 5) is 17.1. The smallest absolute Gasteiger partial charge is 0.241 e. The Hall–Kier alpha value is -1.97. The number of piperazine rings is 1. The molecule has 1 heterocycles. The summed E-state index contributed by atoms with van der Waals surface area (Å²) in [5, 5.41) is 3.27. The van der Waals surface area contributed by atoms with Crippen molar-refractivity contribution in [2.24, 2.45) is 0 Å². The molecule has 1 amide bonds. The van der Waals surface area contributed by atoms with Gasteiger partial charge in [-0.2, -0.15) is 4.72 Å². The summed E-state index contributed by atoms with van der Waals surface area (Å²) in [5.41, 5.74) is 1.32. The highest BCUT2D eigenvalue weighted by Gasteiger charge is 2.22. The van der Waals surface area contributed by atoms with E-state index in [9.17, 15) is 13.2 Å². The van der Waals surface area contributed by atoms with Crippen LogP contribution in [0, 0.1) is 0 Å². The lowest BCUT2D eigenvalue weighted by molar-refractivity contribution is -0.122. The third kappa shape index (κ3) is 7.29. The van der Waals surface area contributed by atoms with Crippen LogP contribution in [0.5, 0.6) is 0 Å². The number of nitrogens with one attached hydrogen (secondary N) is 2. The van der Waals surface area contributed by atoms with Crippen LogP contribution in [0.15, 0.2) is 59.5 Å². The Kier molecular flexibility index (Phi) is 8.45. The molecule has 1 saturated heterocycles. The molecular formula is C22H29ClN4O3S. The normalized spacial score (nSPS) is 16.7. The van der Waals surface area contributed by atoms with E-state index in [1.165, 1.54) is 36.8 Å². The first kappa shape index (κ1) is 23.7. The number of sulfonamides is 1. The van der Waals surface area contributed by atoms with Gasteiger partial charge in [0.2, 0.25) is 15.9 Å². The van der Waals surface area contributed by atoms with Crippen LogP contribution < -0.4 is 10.0 Å². The van der Waals surface area contributed by atoms with Gasteiger partial charge in [0.15, 0.2) is 0 Å². The second kappa shape index (κ2) is 11.1. The van der Waals surface area contributed by atoms with Gasteiger partial charge in [0.05, 0.1) is 10.9 Å². The molecule has 0 radical (unpaired) electrons. The maximum absolute atomic E-state index is 12.4. The summed E-state index contributed by atoms with van der Waals surface area (Å²) >= 11 is 5.80. The highest BCUT2D eigenvalue weighted by molar-refractivity contribution is 7.89. The largest absolute Gasteiger partial charge is 0.353 e. The van der Waals surface area contributed by atoms with Crippen molar-refractivity contribution < 1.29 is 13.2 Å². The van der Waals surface area contributed by atoms with E-state index in [-0.39, 0.29) is 10.8 Å². The van der Waals surface area contributed by atoms with Gasteiger partial charge in [-0.15, -0.1) is 0 Å². The average molecular weight is 465 g/mol. The Balaban J connectivity index is 1.36. The van der Waals surface area contributed by atoms with E-state index in [0.29, 0.717) is 11.6 Å². The molecule has 0 aliphatic carbocycles. The SMILES string of the molecule is C[C@H](NS(=O)(=O)c1ccc(Cl)cc1)C(=O)NCCN1CCN(Cc2ccccc2)CC1. The van der Waals surface area contributed by atoms with Crippen LogP contribution in [0.4, 0.5) is 0 Å². The third-order valence-corrected chi connectivity index (χ3v) is 7.10. The van der Waals surface area contributed by atoms with Crippen molar-refractivity contribution in [1.29, 1.82) is 0 Å². The fraction of sp³-hybridized carbons (Fsp3) is 0.409. The molecule has 0 unspecified atom stereocenters. The molecule has 0 spiro atoms. The average Bonchev–Trinajstić information content (AvgIpc) is 2.75. The van der Waals surface area contributed by atoms with Gasteiger partial charge >= 0.3 is 0 Å². The lowest BCUT2D eigenvalue weighted by atomic mass is 10.2. The highest BCUT2D eigenvalue weighted by Crippen LogP contribution is 2.14.